The molecule has 0 saturated carbocycles. The third-order valence-electron chi connectivity index (χ3n) is 2.05. The van der Waals surface area contributed by atoms with Crippen LogP contribution in [0.15, 0.2) is 18.3 Å². The highest BCUT2D eigenvalue weighted by molar-refractivity contribution is 6.30. The normalized spacial score (nSPS) is 10.1. The van der Waals surface area contributed by atoms with Crippen molar-refractivity contribution in [3.8, 4) is 0 Å². The van der Waals surface area contributed by atoms with Crippen molar-refractivity contribution in [2.45, 2.75) is 26.8 Å². The standard InChI is InChI=1S/C11H17ClN2.ClH/c1-9(2)5-7-13-8-10-4-3-6-14-11(10)12;/h3-4,6,9,13H,5,7-8H2,1-2H3;1H. The zero-order chi connectivity index (χ0) is 10.4. The van der Waals surface area contributed by atoms with Gasteiger partial charge in [-0.1, -0.05) is 31.5 Å². The molecule has 1 aromatic rings. The van der Waals surface area contributed by atoms with Crippen LogP contribution in [0.5, 0.6) is 0 Å². The van der Waals surface area contributed by atoms with E-state index in [0.29, 0.717) is 5.15 Å². The van der Waals surface area contributed by atoms with Crippen LogP contribution in [0.2, 0.25) is 5.15 Å². The van der Waals surface area contributed by atoms with E-state index in [2.05, 4.69) is 24.1 Å². The summed E-state index contributed by atoms with van der Waals surface area (Å²) in [5.74, 6) is 0.742. The number of rotatable bonds is 5. The molecule has 0 spiro atoms. The summed E-state index contributed by atoms with van der Waals surface area (Å²) in [5.41, 5.74) is 1.07. The zero-order valence-electron chi connectivity index (χ0n) is 9.16. The van der Waals surface area contributed by atoms with Crippen LogP contribution in [-0.4, -0.2) is 11.5 Å². The Morgan fingerprint density at radius 3 is 2.80 bits per heavy atom. The minimum absolute atomic E-state index is 0. The molecule has 0 fully saturated rings. The SMILES string of the molecule is CC(C)CCNCc1cccnc1Cl.Cl. The second kappa shape index (κ2) is 7.91. The average Bonchev–Trinajstić information content (AvgIpc) is 2.15. The number of hydrogen-bond donors (Lipinski definition) is 1. The summed E-state index contributed by atoms with van der Waals surface area (Å²) in [4.78, 5) is 4.02. The van der Waals surface area contributed by atoms with Crippen LogP contribution in [0.4, 0.5) is 0 Å². The smallest absolute Gasteiger partial charge is 0.133 e. The fourth-order valence-electron chi connectivity index (χ4n) is 1.16. The molecule has 1 aromatic heterocycles. The molecule has 15 heavy (non-hydrogen) atoms. The molecule has 0 aliphatic carbocycles. The first-order valence-electron chi connectivity index (χ1n) is 5.00. The Morgan fingerprint density at radius 1 is 1.47 bits per heavy atom. The van der Waals surface area contributed by atoms with Gasteiger partial charge in [-0.2, -0.15) is 0 Å². The van der Waals surface area contributed by atoms with E-state index in [0.717, 1.165) is 24.6 Å². The second-order valence-corrected chi connectivity index (χ2v) is 4.17. The molecule has 0 saturated heterocycles. The van der Waals surface area contributed by atoms with Crippen LogP contribution in [0.3, 0.4) is 0 Å². The largest absolute Gasteiger partial charge is 0.313 e. The first-order valence-corrected chi connectivity index (χ1v) is 5.38. The molecule has 1 N–H and O–H groups in total. The highest BCUT2D eigenvalue weighted by Gasteiger charge is 1.99. The van der Waals surface area contributed by atoms with Crippen molar-refractivity contribution in [1.82, 2.24) is 10.3 Å². The summed E-state index contributed by atoms with van der Waals surface area (Å²) < 4.78 is 0. The van der Waals surface area contributed by atoms with Crippen LogP contribution in [0, 0.1) is 5.92 Å². The van der Waals surface area contributed by atoms with Crippen LogP contribution in [0.25, 0.3) is 0 Å². The van der Waals surface area contributed by atoms with Crippen LogP contribution in [-0.2, 0) is 6.54 Å². The Hall–Kier alpha value is -0.310. The van der Waals surface area contributed by atoms with Crippen molar-refractivity contribution in [2.75, 3.05) is 6.54 Å². The topological polar surface area (TPSA) is 24.9 Å². The van der Waals surface area contributed by atoms with Gasteiger partial charge in [0, 0.05) is 18.3 Å². The summed E-state index contributed by atoms with van der Waals surface area (Å²) in [6, 6.07) is 3.91. The number of nitrogens with one attached hydrogen (secondary N) is 1. The van der Waals surface area contributed by atoms with E-state index in [1.54, 1.807) is 6.20 Å². The molecule has 0 atom stereocenters. The zero-order valence-corrected chi connectivity index (χ0v) is 10.7. The van der Waals surface area contributed by atoms with E-state index in [4.69, 9.17) is 11.6 Å². The van der Waals surface area contributed by atoms with Gasteiger partial charge in [0.15, 0.2) is 0 Å². The summed E-state index contributed by atoms with van der Waals surface area (Å²) >= 11 is 5.91. The minimum Gasteiger partial charge on any atom is -0.313 e. The van der Waals surface area contributed by atoms with Crippen molar-refractivity contribution < 1.29 is 0 Å². The number of hydrogen-bond acceptors (Lipinski definition) is 2. The average molecular weight is 249 g/mol. The van der Waals surface area contributed by atoms with Crippen molar-refractivity contribution in [1.29, 1.82) is 0 Å². The van der Waals surface area contributed by atoms with Gasteiger partial charge in [-0.3, -0.25) is 0 Å². The van der Waals surface area contributed by atoms with Crippen molar-refractivity contribution in [2.24, 2.45) is 5.92 Å². The van der Waals surface area contributed by atoms with Gasteiger partial charge in [0.2, 0.25) is 0 Å². The molecule has 4 heteroatoms. The lowest BCUT2D eigenvalue weighted by Crippen LogP contribution is -2.16. The second-order valence-electron chi connectivity index (χ2n) is 3.81. The molecular formula is C11H18Cl2N2. The minimum atomic E-state index is 0. The van der Waals surface area contributed by atoms with Crippen LogP contribution >= 0.6 is 24.0 Å². The molecule has 86 valence electrons. The fourth-order valence-corrected chi connectivity index (χ4v) is 1.35. The quantitative estimate of drug-likeness (QED) is 0.639. The van der Waals surface area contributed by atoms with E-state index >= 15 is 0 Å². The third kappa shape index (κ3) is 5.98. The van der Waals surface area contributed by atoms with Gasteiger partial charge in [-0.15, -0.1) is 12.4 Å². The van der Waals surface area contributed by atoms with E-state index in [1.165, 1.54) is 6.42 Å². The fraction of sp³-hybridized carbons (Fsp3) is 0.545. The number of halogens is 2. The maximum absolute atomic E-state index is 5.91. The number of nitrogens with zero attached hydrogens (tertiary/aromatic N) is 1. The summed E-state index contributed by atoms with van der Waals surface area (Å²) in [5, 5.41) is 3.95. The molecule has 0 radical (unpaired) electrons. The molecule has 1 heterocycles. The van der Waals surface area contributed by atoms with E-state index in [1.807, 2.05) is 12.1 Å². The van der Waals surface area contributed by atoms with Gasteiger partial charge in [0.25, 0.3) is 0 Å². The lowest BCUT2D eigenvalue weighted by atomic mass is 10.1. The Bertz CT molecular complexity index is 277. The Kier molecular flexibility index (Phi) is 7.75. The third-order valence-corrected chi connectivity index (χ3v) is 2.39. The van der Waals surface area contributed by atoms with E-state index in [9.17, 15) is 0 Å². The monoisotopic (exact) mass is 248 g/mol. The molecule has 0 aliphatic rings. The van der Waals surface area contributed by atoms with E-state index < -0.39 is 0 Å². The van der Waals surface area contributed by atoms with Crippen molar-refractivity contribution in [3.63, 3.8) is 0 Å². The van der Waals surface area contributed by atoms with Crippen molar-refractivity contribution >= 4 is 24.0 Å². The highest BCUT2D eigenvalue weighted by Crippen LogP contribution is 2.10. The van der Waals surface area contributed by atoms with E-state index in [-0.39, 0.29) is 12.4 Å². The molecule has 2 nitrogen and oxygen atoms in total. The summed E-state index contributed by atoms with van der Waals surface area (Å²) in [6.07, 6.45) is 2.90. The maximum Gasteiger partial charge on any atom is 0.133 e. The molecule has 0 aromatic carbocycles. The van der Waals surface area contributed by atoms with Gasteiger partial charge in [0.05, 0.1) is 0 Å². The maximum atomic E-state index is 5.91. The van der Waals surface area contributed by atoms with Crippen LogP contribution < -0.4 is 5.32 Å². The van der Waals surface area contributed by atoms with Gasteiger partial charge >= 0.3 is 0 Å². The lowest BCUT2D eigenvalue weighted by molar-refractivity contribution is 0.537. The highest BCUT2D eigenvalue weighted by atomic mass is 35.5. The van der Waals surface area contributed by atoms with Gasteiger partial charge in [-0.25, -0.2) is 4.98 Å². The van der Waals surface area contributed by atoms with Gasteiger partial charge in [-0.05, 0) is 24.9 Å². The number of pyridine rings is 1. The van der Waals surface area contributed by atoms with Gasteiger partial charge < -0.3 is 5.32 Å². The predicted octanol–water partition coefficient (Wildman–Crippen LogP) is 3.29. The first kappa shape index (κ1) is 14.7. The molecule has 0 aliphatic heterocycles. The number of aromatic nitrogens is 1. The predicted molar refractivity (Wildman–Crippen MR) is 67.7 cm³/mol. The molecule has 0 bridgehead atoms. The Morgan fingerprint density at radius 2 is 2.20 bits per heavy atom. The molecular weight excluding hydrogens is 231 g/mol. The lowest BCUT2D eigenvalue weighted by Gasteiger charge is -2.07. The van der Waals surface area contributed by atoms with Crippen LogP contribution in [0.1, 0.15) is 25.8 Å². The van der Waals surface area contributed by atoms with Gasteiger partial charge in [0.1, 0.15) is 5.15 Å². The molecule has 1 rings (SSSR count). The summed E-state index contributed by atoms with van der Waals surface area (Å²) in [6.45, 7) is 6.28. The first-order chi connectivity index (χ1) is 6.70. The Balaban J connectivity index is 0.00000196. The summed E-state index contributed by atoms with van der Waals surface area (Å²) in [7, 11) is 0. The van der Waals surface area contributed by atoms with Crippen molar-refractivity contribution in [3.05, 3.63) is 29.0 Å². The Labute approximate surface area is 103 Å². The molecule has 0 amide bonds. The molecule has 0 unspecified atom stereocenters.